The lowest BCUT2D eigenvalue weighted by Gasteiger charge is -2.06. The summed E-state index contributed by atoms with van der Waals surface area (Å²) in [5.74, 6) is 1.69. The van der Waals surface area contributed by atoms with Crippen LogP contribution in [0.2, 0.25) is 0 Å². The van der Waals surface area contributed by atoms with Crippen molar-refractivity contribution in [3.63, 3.8) is 0 Å². The van der Waals surface area contributed by atoms with Crippen molar-refractivity contribution in [3.8, 4) is 0 Å². The number of methoxy groups -OCH3 is 1. The van der Waals surface area contributed by atoms with Crippen LogP contribution < -0.4 is 5.32 Å². The third-order valence-electron chi connectivity index (χ3n) is 1.87. The number of hydrogen-bond donors (Lipinski definition) is 1. The molecule has 0 bridgehead atoms. The topological polar surface area (TPSA) is 47.0 Å². The lowest BCUT2D eigenvalue weighted by molar-refractivity contribution is 0.210. The van der Waals surface area contributed by atoms with Gasteiger partial charge < -0.3 is 10.1 Å². The van der Waals surface area contributed by atoms with E-state index >= 15 is 0 Å². The minimum atomic E-state index is 0.685. The highest BCUT2D eigenvalue weighted by Gasteiger charge is 1.99. The molecular formula is C10H17N3O. The summed E-state index contributed by atoms with van der Waals surface area (Å²) in [4.78, 5) is 8.57. The molecule has 0 amide bonds. The largest absolute Gasteiger partial charge is 0.383 e. The summed E-state index contributed by atoms with van der Waals surface area (Å²) in [5, 5.41) is 3.18. The molecule has 0 aliphatic carbocycles. The zero-order chi connectivity index (χ0) is 10.4. The minimum Gasteiger partial charge on any atom is -0.383 e. The Hall–Kier alpha value is -1.16. The molecule has 0 spiro atoms. The van der Waals surface area contributed by atoms with E-state index in [0.29, 0.717) is 6.61 Å². The van der Waals surface area contributed by atoms with E-state index in [1.165, 1.54) is 0 Å². The summed E-state index contributed by atoms with van der Waals surface area (Å²) in [6, 6.07) is 1.97. The SMILES string of the molecule is CCc1cc(NCCOC)nc(C)n1. The molecule has 0 saturated carbocycles. The Bertz CT molecular complexity index is 289. The van der Waals surface area contributed by atoms with Gasteiger partial charge in [-0.2, -0.15) is 0 Å². The van der Waals surface area contributed by atoms with Gasteiger partial charge in [0.25, 0.3) is 0 Å². The second kappa shape index (κ2) is 5.54. The average Bonchev–Trinajstić information content (AvgIpc) is 2.17. The molecule has 0 atom stereocenters. The number of aromatic nitrogens is 2. The Labute approximate surface area is 84.7 Å². The van der Waals surface area contributed by atoms with Crippen molar-refractivity contribution in [1.29, 1.82) is 0 Å². The van der Waals surface area contributed by atoms with Gasteiger partial charge in [0.05, 0.1) is 6.61 Å². The summed E-state index contributed by atoms with van der Waals surface area (Å²) in [5.41, 5.74) is 1.07. The van der Waals surface area contributed by atoms with Crippen LogP contribution >= 0.6 is 0 Å². The molecular weight excluding hydrogens is 178 g/mol. The van der Waals surface area contributed by atoms with E-state index in [-0.39, 0.29) is 0 Å². The fourth-order valence-electron chi connectivity index (χ4n) is 1.18. The Morgan fingerprint density at radius 3 is 2.86 bits per heavy atom. The minimum absolute atomic E-state index is 0.685. The van der Waals surface area contributed by atoms with Gasteiger partial charge in [0.2, 0.25) is 0 Å². The molecule has 1 rings (SSSR count). The van der Waals surface area contributed by atoms with Crippen molar-refractivity contribution in [1.82, 2.24) is 9.97 Å². The van der Waals surface area contributed by atoms with Crippen molar-refractivity contribution < 1.29 is 4.74 Å². The zero-order valence-corrected chi connectivity index (χ0v) is 9.00. The summed E-state index contributed by atoms with van der Waals surface area (Å²) in [6.07, 6.45) is 0.933. The first kappa shape index (κ1) is 10.9. The molecule has 14 heavy (non-hydrogen) atoms. The van der Waals surface area contributed by atoms with E-state index in [2.05, 4.69) is 22.2 Å². The Balaban J connectivity index is 2.62. The van der Waals surface area contributed by atoms with Gasteiger partial charge in [-0.15, -0.1) is 0 Å². The Morgan fingerprint density at radius 1 is 1.43 bits per heavy atom. The van der Waals surface area contributed by atoms with Crippen molar-refractivity contribution in [3.05, 3.63) is 17.6 Å². The fraction of sp³-hybridized carbons (Fsp3) is 0.600. The quantitative estimate of drug-likeness (QED) is 0.721. The normalized spacial score (nSPS) is 10.2. The summed E-state index contributed by atoms with van der Waals surface area (Å²) in [7, 11) is 1.68. The maximum Gasteiger partial charge on any atom is 0.130 e. The predicted molar refractivity (Wildman–Crippen MR) is 56.5 cm³/mol. The highest BCUT2D eigenvalue weighted by Crippen LogP contribution is 2.06. The molecule has 78 valence electrons. The number of rotatable bonds is 5. The number of ether oxygens (including phenoxy) is 1. The third-order valence-corrected chi connectivity index (χ3v) is 1.87. The lowest BCUT2D eigenvalue weighted by Crippen LogP contribution is -2.10. The Morgan fingerprint density at radius 2 is 2.21 bits per heavy atom. The second-order valence-electron chi connectivity index (χ2n) is 3.06. The van der Waals surface area contributed by atoms with Crippen LogP contribution in [0.15, 0.2) is 6.07 Å². The van der Waals surface area contributed by atoms with E-state index in [4.69, 9.17) is 4.74 Å². The summed E-state index contributed by atoms with van der Waals surface area (Å²) in [6.45, 7) is 5.45. The van der Waals surface area contributed by atoms with Gasteiger partial charge in [0.15, 0.2) is 0 Å². The van der Waals surface area contributed by atoms with E-state index in [9.17, 15) is 0 Å². The molecule has 1 aromatic heterocycles. The second-order valence-corrected chi connectivity index (χ2v) is 3.06. The molecule has 0 saturated heterocycles. The number of hydrogen-bond acceptors (Lipinski definition) is 4. The van der Waals surface area contributed by atoms with E-state index < -0.39 is 0 Å². The van der Waals surface area contributed by atoms with Gasteiger partial charge in [-0.25, -0.2) is 9.97 Å². The van der Waals surface area contributed by atoms with Gasteiger partial charge in [0, 0.05) is 25.4 Å². The maximum atomic E-state index is 4.94. The monoisotopic (exact) mass is 195 g/mol. The third kappa shape index (κ3) is 3.30. The van der Waals surface area contributed by atoms with Crippen LogP contribution in [-0.2, 0) is 11.2 Å². The molecule has 1 aromatic rings. The standard InChI is InChI=1S/C10H17N3O/c1-4-9-7-10(11-5-6-14-3)13-8(2)12-9/h7H,4-6H2,1-3H3,(H,11,12,13). The van der Waals surface area contributed by atoms with Crippen molar-refractivity contribution in [2.24, 2.45) is 0 Å². The molecule has 4 heteroatoms. The Kier molecular flexibility index (Phi) is 4.32. The maximum absolute atomic E-state index is 4.94. The molecule has 0 aliphatic heterocycles. The van der Waals surface area contributed by atoms with E-state index in [1.54, 1.807) is 7.11 Å². The highest BCUT2D eigenvalue weighted by molar-refractivity contribution is 5.35. The molecule has 0 aromatic carbocycles. The predicted octanol–water partition coefficient (Wildman–Crippen LogP) is 1.41. The first-order valence-electron chi connectivity index (χ1n) is 4.83. The zero-order valence-electron chi connectivity index (χ0n) is 9.00. The number of nitrogens with one attached hydrogen (secondary N) is 1. The van der Waals surface area contributed by atoms with Crippen LogP contribution in [0.4, 0.5) is 5.82 Å². The first-order valence-corrected chi connectivity index (χ1v) is 4.83. The van der Waals surface area contributed by atoms with Crippen LogP contribution in [0.1, 0.15) is 18.4 Å². The molecule has 0 radical (unpaired) electrons. The molecule has 0 aliphatic rings. The van der Waals surface area contributed by atoms with Crippen LogP contribution in [0.5, 0.6) is 0 Å². The molecule has 1 N–H and O–H groups in total. The van der Waals surface area contributed by atoms with Crippen LogP contribution in [-0.4, -0.2) is 30.2 Å². The highest BCUT2D eigenvalue weighted by atomic mass is 16.5. The molecule has 0 fully saturated rings. The summed E-state index contributed by atoms with van der Waals surface area (Å²) < 4.78 is 4.94. The van der Waals surface area contributed by atoms with Crippen LogP contribution in [0.3, 0.4) is 0 Å². The van der Waals surface area contributed by atoms with E-state index in [1.807, 2.05) is 13.0 Å². The molecule has 4 nitrogen and oxygen atoms in total. The van der Waals surface area contributed by atoms with Gasteiger partial charge in [-0.05, 0) is 13.3 Å². The van der Waals surface area contributed by atoms with Crippen LogP contribution in [0.25, 0.3) is 0 Å². The lowest BCUT2D eigenvalue weighted by atomic mass is 10.3. The van der Waals surface area contributed by atoms with Gasteiger partial charge in [-0.3, -0.25) is 0 Å². The number of anilines is 1. The first-order chi connectivity index (χ1) is 6.76. The van der Waals surface area contributed by atoms with Crippen LogP contribution in [0, 0.1) is 6.92 Å². The van der Waals surface area contributed by atoms with Gasteiger partial charge in [-0.1, -0.05) is 6.92 Å². The fourth-order valence-corrected chi connectivity index (χ4v) is 1.18. The van der Waals surface area contributed by atoms with Gasteiger partial charge in [0.1, 0.15) is 11.6 Å². The number of aryl methyl sites for hydroxylation is 2. The van der Waals surface area contributed by atoms with E-state index in [0.717, 1.165) is 30.3 Å². The van der Waals surface area contributed by atoms with Gasteiger partial charge >= 0.3 is 0 Å². The van der Waals surface area contributed by atoms with Crippen molar-refractivity contribution >= 4 is 5.82 Å². The van der Waals surface area contributed by atoms with Crippen molar-refractivity contribution in [2.45, 2.75) is 20.3 Å². The number of nitrogens with zero attached hydrogens (tertiary/aromatic N) is 2. The average molecular weight is 195 g/mol. The smallest absolute Gasteiger partial charge is 0.130 e. The summed E-state index contributed by atoms with van der Waals surface area (Å²) >= 11 is 0. The van der Waals surface area contributed by atoms with Crippen molar-refractivity contribution in [2.75, 3.05) is 25.6 Å². The molecule has 1 heterocycles. The molecule has 0 unspecified atom stereocenters.